The molecule has 3 heterocycles. The Balaban J connectivity index is 1.52. The van der Waals surface area contributed by atoms with Crippen LogP contribution in [0.5, 0.6) is 5.75 Å². The maximum atomic E-state index is 13.4. The minimum atomic E-state index is -2.94. The molecule has 2 aromatic heterocycles. The van der Waals surface area contributed by atoms with E-state index >= 15 is 0 Å². The molecule has 0 amide bonds. The molecular formula is C21H23ClF2N6O3S. The minimum absolute atomic E-state index is 0.0780. The molecule has 13 heteroatoms. The number of sulfone groups is 1. The number of nitrogens with two attached hydrogens (primary N) is 1. The molecule has 0 saturated carbocycles. The minimum Gasteiger partial charge on any atom is -0.492 e. The lowest BCUT2D eigenvalue weighted by molar-refractivity contribution is 0.0567. The van der Waals surface area contributed by atoms with Gasteiger partial charge >= 0.3 is 6.55 Å². The molecule has 0 radical (unpaired) electrons. The second kappa shape index (κ2) is 10.2. The predicted molar refractivity (Wildman–Crippen MR) is 124 cm³/mol. The third-order valence-corrected chi connectivity index (χ3v) is 7.22. The summed E-state index contributed by atoms with van der Waals surface area (Å²) < 4.78 is 56.5. The molecule has 1 aliphatic rings. The molecule has 182 valence electrons. The van der Waals surface area contributed by atoms with Crippen LogP contribution in [0.1, 0.15) is 17.7 Å². The molecule has 34 heavy (non-hydrogen) atoms. The van der Waals surface area contributed by atoms with Gasteiger partial charge in [0.05, 0.1) is 17.2 Å². The van der Waals surface area contributed by atoms with E-state index < -0.39 is 16.4 Å². The highest BCUT2D eigenvalue weighted by Crippen LogP contribution is 2.29. The van der Waals surface area contributed by atoms with Crippen LogP contribution < -0.4 is 10.5 Å². The first-order valence-corrected chi connectivity index (χ1v) is 12.7. The van der Waals surface area contributed by atoms with Gasteiger partial charge in [0.15, 0.2) is 9.84 Å². The summed E-state index contributed by atoms with van der Waals surface area (Å²) in [5.41, 5.74) is 7.40. The summed E-state index contributed by atoms with van der Waals surface area (Å²) in [5.74, 6) is 0.813. The van der Waals surface area contributed by atoms with Gasteiger partial charge in [0.1, 0.15) is 23.2 Å². The van der Waals surface area contributed by atoms with Crippen molar-refractivity contribution in [3.63, 3.8) is 0 Å². The SMILES string of the molecule is Nc1nc(Cl)cc(-c2nn(C(F)F)cc2Cc2ccccc2OCCN2CCS(=O)(=O)CC2)n1. The fraction of sp³-hybridized carbons (Fsp3) is 0.381. The number of hydrogen-bond acceptors (Lipinski definition) is 8. The number of para-hydroxylation sites is 1. The number of nitrogen functional groups attached to an aromatic ring is 1. The molecule has 3 aromatic rings. The van der Waals surface area contributed by atoms with Gasteiger partial charge in [0.2, 0.25) is 5.95 Å². The van der Waals surface area contributed by atoms with Crippen LogP contribution in [0.25, 0.3) is 11.4 Å². The second-order valence-corrected chi connectivity index (χ2v) is 10.5. The van der Waals surface area contributed by atoms with E-state index in [0.717, 1.165) is 5.56 Å². The number of aromatic nitrogens is 4. The van der Waals surface area contributed by atoms with Gasteiger partial charge in [-0.05, 0) is 11.6 Å². The van der Waals surface area contributed by atoms with Crippen molar-refractivity contribution in [1.82, 2.24) is 24.6 Å². The molecule has 0 atom stereocenters. The second-order valence-electron chi connectivity index (χ2n) is 7.82. The van der Waals surface area contributed by atoms with Crippen LogP contribution in [-0.4, -0.2) is 70.8 Å². The molecule has 1 saturated heterocycles. The van der Waals surface area contributed by atoms with Gasteiger partial charge < -0.3 is 10.5 Å². The van der Waals surface area contributed by atoms with Crippen molar-refractivity contribution >= 4 is 27.4 Å². The van der Waals surface area contributed by atoms with Crippen LogP contribution >= 0.6 is 11.6 Å². The normalized spacial score (nSPS) is 16.1. The first kappa shape index (κ1) is 24.3. The van der Waals surface area contributed by atoms with E-state index in [9.17, 15) is 17.2 Å². The summed E-state index contributed by atoms with van der Waals surface area (Å²) in [6, 6.07) is 8.70. The molecule has 9 nitrogen and oxygen atoms in total. The monoisotopic (exact) mass is 512 g/mol. The highest BCUT2D eigenvalue weighted by atomic mass is 35.5. The van der Waals surface area contributed by atoms with Gasteiger partial charge in [0.25, 0.3) is 0 Å². The topological polar surface area (TPSA) is 116 Å². The van der Waals surface area contributed by atoms with Gasteiger partial charge in [-0.25, -0.2) is 23.1 Å². The lowest BCUT2D eigenvalue weighted by atomic mass is 10.0. The number of nitrogens with zero attached hydrogens (tertiary/aromatic N) is 5. The molecule has 1 fully saturated rings. The van der Waals surface area contributed by atoms with E-state index in [1.54, 1.807) is 6.07 Å². The van der Waals surface area contributed by atoms with Gasteiger partial charge in [-0.2, -0.15) is 13.9 Å². The zero-order valence-corrected chi connectivity index (χ0v) is 19.6. The van der Waals surface area contributed by atoms with Crippen molar-refractivity contribution in [2.45, 2.75) is 13.0 Å². The molecule has 4 rings (SSSR count). The van der Waals surface area contributed by atoms with Crippen molar-refractivity contribution in [3.05, 3.63) is 52.8 Å². The number of anilines is 1. The fourth-order valence-electron chi connectivity index (χ4n) is 3.69. The Hall–Kier alpha value is -2.83. The van der Waals surface area contributed by atoms with Crippen molar-refractivity contribution in [3.8, 4) is 17.1 Å². The Labute approximate surface area is 200 Å². The van der Waals surface area contributed by atoms with Gasteiger partial charge in [-0.15, -0.1) is 0 Å². The Kier molecular flexibility index (Phi) is 7.29. The summed E-state index contributed by atoms with van der Waals surface area (Å²) in [6.45, 7) is -0.931. The van der Waals surface area contributed by atoms with Crippen LogP contribution in [0.4, 0.5) is 14.7 Å². The number of hydrogen-bond donors (Lipinski definition) is 1. The average molecular weight is 513 g/mol. The molecule has 2 N–H and O–H groups in total. The molecule has 0 spiro atoms. The van der Waals surface area contributed by atoms with E-state index in [1.807, 2.05) is 23.1 Å². The predicted octanol–water partition coefficient (Wildman–Crippen LogP) is 2.67. The molecule has 0 aliphatic carbocycles. The highest BCUT2D eigenvalue weighted by molar-refractivity contribution is 7.91. The van der Waals surface area contributed by atoms with Crippen LogP contribution in [0, 0.1) is 0 Å². The van der Waals surface area contributed by atoms with Crippen LogP contribution in [0.15, 0.2) is 36.5 Å². The Morgan fingerprint density at radius 1 is 1.15 bits per heavy atom. The fourth-order valence-corrected chi connectivity index (χ4v) is 5.15. The van der Waals surface area contributed by atoms with E-state index in [-0.39, 0.29) is 40.4 Å². The Bertz CT molecular complexity index is 1240. The first-order chi connectivity index (χ1) is 16.2. The van der Waals surface area contributed by atoms with Gasteiger partial charge in [-0.3, -0.25) is 4.90 Å². The Morgan fingerprint density at radius 3 is 2.59 bits per heavy atom. The lowest BCUT2D eigenvalue weighted by Crippen LogP contribution is -2.42. The lowest BCUT2D eigenvalue weighted by Gasteiger charge is -2.26. The standard InChI is InChI=1S/C21H23ClF2N6O3S/c22-18-12-16(26-21(25)27-18)19-15(13-30(28-19)20(23)24)11-14-3-1-2-4-17(14)33-8-5-29-6-9-34(31,32)10-7-29/h1-4,12-13,20H,5-11H2,(H2,25,26,27). The van der Waals surface area contributed by atoms with Crippen molar-refractivity contribution in [2.75, 3.05) is 43.5 Å². The van der Waals surface area contributed by atoms with Crippen LogP contribution in [0.3, 0.4) is 0 Å². The molecule has 1 aliphatic heterocycles. The van der Waals surface area contributed by atoms with Crippen molar-refractivity contribution in [1.29, 1.82) is 0 Å². The first-order valence-electron chi connectivity index (χ1n) is 10.5. The van der Waals surface area contributed by atoms with Gasteiger partial charge in [-0.1, -0.05) is 29.8 Å². The molecular weight excluding hydrogens is 490 g/mol. The summed E-state index contributed by atoms with van der Waals surface area (Å²) in [4.78, 5) is 9.94. The van der Waals surface area contributed by atoms with E-state index in [0.29, 0.717) is 42.2 Å². The maximum absolute atomic E-state index is 13.4. The average Bonchev–Trinajstić information content (AvgIpc) is 3.20. The third kappa shape index (κ3) is 5.99. The summed E-state index contributed by atoms with van der Waals surface area (Å²) in [6.07, 6.45) is 1.51. The third-order valence-electron chi connectivity index (χ3n) is 5.42. The molecule has 1 aromatic carbocycles. The summed E-state index contributed by atoms with van der Waals surface area (Å²) in [7, 11) is -2.94. The highest BCUT2D eigenvalue weighted by Gasteiger charge is 2.22. The number of alkyl halides is 2. The summed E-state index contributed by atoms with van der Waals surface area (Å²) in [5, 5.41) is 4.07. The number of halogens is 3. The van der Waals surface area contributed by atoms with Crippen molar-refractivity contribution < 1.29 is 21.9 Å². The smallest absolute Gasteiger partial charge is 0.333 e. The van der Waals surface area contributed by atoms with E-state index in [1.165, 1.54) is 12.3 Å². The van der Waals surface area contributed by atoms with Crippen molar-refractivity contribution in [2.24, 2.45) is 0 Å². The van der Waals surface area contributed by atoms with Crippen LogP contribution in [-0.2, 0) is 16.3 Å². The van der Waals surface area contributed by atoms with E-state index in [2.05, 4.69) is 15.1 Å². The molecule has 0 bridgehead atoms. The number of rotatable bonds is 8. The quantitative estimate of drug-likeness (QED) is 0.458. The van der Waals surface area contributed by atoms with Gasteiger partial charge in [0, 0.05) is 43.9 Å². The zero-order chi connectivity index (χ0) is 24.3. The maximum Gasteiger partial charge on any atom is 0.333 e. The Morgan fingerprint density at radius 2 is 1.88 bits per heavy atom. The zero-order valence-electron chi connectivity index (χ0n) is 18.1. The summed E-state index contributed by atoms with van der Waals surface area (Å²) >= 11 is 5.97. The number of ether oxygens (including phenoxy) is 1. The van der Waals surface area contributed by atoms with E-state index in [4.69, 9.17) is 22.1 Å². The van der Waals surface area contributed by atoms with Crippen LogP contribution in [0.2, 0.25) is 5.15 Å². The number of benzene rings is 1. The largest absolute Gasteiger partial charge is 0.492 e. The molecule has 0 unspecified atom stereocenters.